The Kier molecular flexibility index (Phi) is 5.26. The number of aryl methyl sites for hydroxylation is 1. The van der Waals surface area contributed by atoms with Gasteiger partial charge < -0.3 is 19.4 Å². The zero-order valence-corrected chi connectivity index (χ0v) is 16.2. The van der Waals surface area contributed by atoms with Crippen LogP contribution in [0.2, 0.25) is 0 Å². The number of carbonyl (C=O) groups excluding carboxylic acids is 1. The first kappa shape index (κ1) is 18.5. The zero-order chi connectivity index (χ0) is 18.2. The third kappa shape index (κ3) is 4.26. The smallest absolute Gasteiger partial charge is 0.253 e. The van der Waals surface area contributed by atoms with Gasteiger partial charge in [-0.15, -0.1) is 0 Å². The summed E-state index contributed by atoms with van der Waals surface area (Å²) in [4.78, 5) is 12.7. The Bertz CT molecular complexity index is 618. The van der Waals surface area contributed by atoms with E-state index in [1.165, 1.54) is 0 Å². The van der Waals surface area contributed by atoms with Crippen LogP contribution >= 0.6 is 0 Å². The van der Waals surface area contributed by atoms with Crippen molar-refractivity contribution in [3.63, 3.8) is 0 Å². The normalized spacial score (nSPS) is 24.8. The quantitative estimate of drug-likeness (QED) is 0.905. The monoisotopic (exact) mass is 348 g/mol. The number of aromatic nitrogens is 1. The van der Waals surface area contributed by atoms with E-state index < -0.39 is 0 Å². The second-order valence-corrected chi connectivity index (χ2v) is 8.49. The van der Waals surface area contributed by atoms with Crippen molar-refractivity contribution >= 4 is 5.91 Å². The van der Waals surface area contributed by atoms with Crippen LogP contribution in [0, 0.1) is 13.8 Å². The second kappa shape index (κ2) is 7.12. The average Bonchev–Trinajstić information content (AvgIpc) is 2.79. The molecule has 1 aromatic heterocycles. The summed E-state index contributed by atoms with van der Waals surface area (Å²) in [6, 6.07) is 2.71. The molecule has 1 aromatic rings. The summed E-state index contributed by atoms with van der Waals surface area (Å²) in [6.07, 6.45) is 4.11. The molecule has 5 nitrogen and oxygen atoms in total. The molecule has 2 fully saturated rings. The summed E-state index contributed by atoms with van der Waals surface area (Å²) in [5, 5.41) is 3.18. The molecule has 1 amide bonds. The van der Waals surface area contributed by atoms with Crippen LogP contribution in [0.15, 0.2) is 6.07 Å². The molecule has 1 N–H and O–H groups in total. The van der Waals surface area contributed by atoms with E-state index in [2.05, 4.69) is 44.5 Å². The van der Waals surface area contributed by atoms with E-state index in [-0.39, 0.29) is 23.7 Å². The molecule has 0 bridgehead atoms. The van der Waals surface area contributed by atoms with E-state index in [9.17, 15) is 4.79 Å². The minimum absolute atomic E-state index is 0.0469. The highest BCUT2D eigenvalue weighted by atomic mass is 16.5. The van der Waals surface area contributed by atoms with Crippen LogP contribution in [-0.2, 0) is 9.47 Å². The molecule has 0 spiro atoms. The van der Waals surface area contributed by atoms with Crippen LogP contribution in [0.1, 0.15) is 74.2 Å². The standard InChI is InChI=1S/C20H32N2O3/c1-13-10-18(14(2)22(13)16-6-8-24-9-7-16)19(23)21-15-11-17(12-15)25-20(3,4)5/h10,15-17H,6-9,11-12H2,1-5H3,(H,21,23). The molecule has 0 atom stereocenters. The van der Waals surface area contributed by atoms with Gasteiger partial charge in [-0.05, 0) is 66.4 Å². The first-order valence-electron chi connectivity index (χ1n) is 9.49. The molecule has 1 saturated carbocycles. The van der Waals surface area contributed by atoms with Gasteiger partial charge in [-0.2, -0.15) is 0 Å². The summed E-state index contributed by atoms with van der Waals surface area (Å²) in [6.45, 7) is 12.0. The first-order valence-corrected chi connectivity index (χ1v) is 9.49. The van der Waals surface area contributed by atoms with Crippen LogP contribution in [0.25, 0.3) is 0 Å². The third-order valence-corrected chi connectivity index (χ3v) is 5.24. The number of ether oxygens (including phenoxy) is 2. The summed E-state index contributed by atoms with van der Waals surface area (Å²) < 4.78 is 13.7. The molecule has 140 valence electrons. The van der Waals surface area contributed by atoms with Gasteiger partial charge in [-0.1, -0.05) is 0 Å². The van der Waals surface area contributed by atoms with Crippen molar-refractivity contribution in [1.82, 2.24) is 9.88 Å². The Morgan fingerprint density at radius 3 is 2.48 bits per heavy atom. The van der Waals surface area contributed by atoms with E-state index in [0.717, 1.165) is 55.8 Å². The predicted octanol–water partition coefficient (Wildman–Crippen LogP) is 3.53. The van der Waals surface area contributed by atoms with Crippen molar-refractivity contribution < 1.29 is 14.3 Å². The van der Waals surface area contributed by atoms with Crippen LogP contribution in [-0.4, -0.2) is 41.4 Å². The Balaban J connectivity index is 1.60. The lowest BCUT2D eigenvalue weighted by Gasteiger charge is -2.39. The minimum Gasteiger partial charge on any atom is -0.381 e. The van der Waals surface area contributed by atoms with Crippen molar-refractivity contribution in [1.29, 1.82) is 0 Å². The highest BCUT2D eigenvalue weighted by molar-refractivity contribution is 5.96. The van der Waals surface area contributed by atoms with Crippen molar-refractivity contribution in [2.45, 2.75) is 84.1 Å². The van der Waals surface area contributed by atoms with Crippen molar-refractivity contribution in [3.05, 3.63) is 23.0 Å². The molecule has 0 radical (unpaired) electrons. The lowest BCUT2D eigenvalue weighted by molar-refractivity contribution is -0.101. The Morgan fingerprint density at radius 2 is 1.88 bits per heavy atom. The van der Waals surface area contributed by atoms with E-state index in [4.69, 9.17) is 9.47 Å². The second-order valence-electron chi connectivity index (χ2n) is 8.49. The van der Waals surface area contributed by atoms with Crippen molar-refractivity contribution in [2.75, 3.05) is 13.2 Å². The molecular formula is C20H32N2O3. The van der Waals surface area contributed by atoms with Gasteiger partial charge in [0.2, 0.25) is 0 Å². The molecule has 1 aliphatic carbocycles. The molecular weight excluding hydrogens is 316 g/mol. The fourth-order valence-electron chi connectivity index (χ4n) is 4.06. The van der Waals surface area contributed by atoms with Gasteiger partial charge in [0.15, 0.2) is 0 Å². The first-order chi connectivity index (χ1) is 11.7. The summed E-state index contributed by atoms with van der Waals surface area (Å²) in [7, 11) is 0. The minimum atomic E-state index is -0.117. The van der Waals surface area contributed by atoms with Gasteiger partial charge >= 0.3 is 0 Å². The van der Waals surface area contributed by atoms with Gasteiger partial charge in [0.25, 0.3) is 5.91 Å². The zero-order valence-electron chi connectivity index (χ0n) is 16.2. The number of hydrogen-bond acceptors (Lipinski definition) is 3. The lowest BCUT2D eigenvalue weighted by atomic mass is 9.88. The number of nitrogens with one attached hydrogen (secondary N) is 1. The molecule has 5 heteroatoms. The number of nitrogens with zero attached hydrogens (tertiary/aromatic N) is 1. The van der Waals surface area contributed by atoms with Crippen molar-refractivity contribution in [2.24, 2.45) is 0 Å². The van der Waals surface area contributed by atoms with Crippen LogP contribution in [0.3, 0.4) is 0 Å². The summed E-state index contributed by atoms with van der Waals surface area (Å²) >= 11 is 0. The summed E-state index contributed by atoms with van der Waals surface area (Å²) in [5.74, 6) is 0.0469. The molecule has 0 unspecified atom stereocenters. The Hall–Kier alpha value is -1.33. The maximum Gasteiger partial charge on any atom is 0.253 e. The largest absolute Gasteiger partial charge is 0.381 e. The predicted molar refractivity (Wildman–Crippen MR) is 98.1 cm³/mol. The van der Waals surface area contributed by atoms with Crippen molar-refractivity contribution in [3.8, 4) is 0 Å². The third-order valence-electron chi connectivity index (χ3n) is 5.24. The number of amides is 1. The molecule has 25 heavy (non-hydrogen) atoms. The number of carbonyl (C=O) groups is 1. The van der Waals surface area contributed by atoms with Gasteiger partial charge in [0.05, 0.1) is 17.3 Å². The van der Waals surface area contributed by atoms with Crippen LogP contribution < -0.4 is 5.32 Å². The Labute approximate surface area is 151 Å². The number of rotatable bonds is 4. The van der Waals surface area contributed by atoms with Crippen LogP contribution in [0.4, 0.5) is 0 Å². The maximum absolute atomic E-state index is 12.7. The molecule has 3 rings (SSSR count). The average molecular weight is 348 g/mol. The fourth-order valence-corrected chi connectivity index (χ4v) is 4.06. The fraction of sp³-hybridized carbons (Fsp3) is 0.750. The van der Waals surface area contributed by atoms with E-state index in [0.29, 0.717) is 6.04 Å². The van der Waals surface area contributed by atoms with E-state index in [1.54, 1.807) is 0 Å². The van der Waals surface area contributed by atoms with Gasteiger partial charge in [0, 0.05) is 36.7 Å². The highest BCUT2D eigenvalue weighted by Crippen LogP contribution is 2.30. The van der Waals surface area contributed by atoms with Gasteiger partial charge in [0.1, 0.15) is 0 Å². The molecule has 1 aliphatic heterocycles. The molecule has 0 aromatic carbocycles. The maximum atomic E-state index is 12.7. The Morgan fingerprint density at radius 1 is 1.24 bits per heavy atom. The summed E-state index contributed by atoms with van der Waals surface area (Å²) in [5.41, 5.74) is 2.93. The topological polar surface area (TPSA) is 52.5 Å². The number of hydrogen-bond donors (Lipinski definition) is 1. The van der Waals surface area contributed by atoms with E-state index in [1.807, 2.05) is 6.07 Å². The SMILES string of the molecule is Cc1cc(C(=O)NC2CC(OC(C)(C)C)C2)c(C)n1C1CCOCC1. The lowest BCUT2D eigenvalue weighted by Crippen LogP contribution is -2.49. The molecule has 2 aliphatic rings. The highest BCUT2D eigenvalue weighted by Gasteiger charge is 2.34. The van der Waals surface area contributed by atoms with Gasteiger partial charge in [-0.3, -0.25) is 4.79 Å². The van der Waals surface area contributed by atoms with Gasteiger partial charge in [-0.25, -0.2) is 0 Å². The molecule has 1 saturated heterocycles. The van der Waals surface area contributed by atoms with Crippen LogP contribution in [0.5, 0.6) is 0 Å². The van der Waals surface area contributed by atoms with E-state index >= 15 is 0 Å². The molecule has 2 heterocycles.